The Morgan fingerprint density at radius 2 is 1.95 bits per heavy atom. The quantitative estimate of drug-likeness (QED) is 0.615. The topological polar surface area (TPSA) is 4.93 Å². The van der Waals surface area contributed by atoms with Crippen LogP contribution >= 0.6 is 15.9 Å². The van der Waals surface area contributed by atoms with E-state index < -0.39 is 0 Å². The minimum Gasteiger partial charge on any atom is -0.347 e. The molecule has 0 amide bonds. The van der Waals surface area contributed by atoms with E-state index in [0.717, 1.165) is 12.5 Å². The van der Waals surface area contributed by atoms with Crippen LogP contribution in [0.3, 0.4) is 0 Å². The summed E-state index contributed by atoms with van der Waals surface area (Å²) in [5.74, 6) is 1.50. The molecule has 1 aliphatic carbocycles. The van der Waals surface area contributed by atoms with Gasteiger partial charge in [0.1, 0.15) is 0 Å². The highest BCUT2D eigenvalue weighted by Gasteiger charge is 2.23. The fraction of sp³-hybridized carbons (Fsp3) is 0.556. The summed E-state index contributed by atoms with van der Waals surface area (Å²) in [5, 5.41) is 1.46. The lowest BCUT2D eigenvalue weighted by molar-refractivity contribution is 0.420. The lowest BCUT2D eigenvalue weighted by Gasteiger charge is -2.25. The zero-order chi connectivity index (χ0) is 14.7. The molecule has 2 aromatic rings. The molecule has 0 N–H and O–H groups in total. The van der Waals surface area contributed by atoms with Crippen molar-refractivity contribution in [3.63, 3.8) is 0 Å². The molecule has 1 heterocycles. The van der Waals surface area contributed by atoms with Gasteiger partial charge < -0.3 is 4.57 Å². The molecule has 2 heteroatoms. The van der Waals surface area contributed by atoms with E-state index in [0.29, 0.717) is 5.92 Å². The lowest BCUT2D eigenvalue weighted by atomic mass is 9.80. The normalized spacial score (nSPS) is 15.1. The van der Waals surface area contributed by atoms with E-state index in [-0.39, 0.29) is 0 Å². The number of benzene rings is 1. The van der Waals surface area contributed by atoms with Crippen molar-refractivity contribution >= 4 is 26.8 Å². The third-order valence-corrected chi connectivity index (χ3v) is 4.48. The highest BCUT2D eigenvalue weighted by Crippen LogP contribution is 2.41. The molecule has 1 saturated carbocycles. The predicted molar refractivity (Wildman–Crippen MR) is 92.4 cm³/mol. The first-order chi connectivity index (χ1) is 9.65. The van der Waals surface area contributed by atoms with Crippen LogP contribution in [0.25, 0.3) is 10.9 Å². The number of aromatic nitrogens is 1. The first-order valence-corrected chi connectivity index (χ1v) is 8.72. The summed E-state index contributed by atoms with van der Waals surface area (Å²) in [6.45, 7) is 9.68. The molecule has 0 atom stereocenters. The highest BCUT2D eigenvalue weighted by atomic mass is 79.9. The fourth-order valence-corrected chi connectivity index (χ4v) is 3.23. The summed E-state index contributed by atoms with van der Waals surface area (Å²) >= 11 is 3.60. The fourth-order valence-electron chi connectivity index (χ4n) is 2.88. The molecule has 3 rings (SSSR count). The van der Waals surface area contributed by atoms with Crippen molar-refractivity contribution in [3.05, 3.63) is 34.4 Å². The Morgan fingerprint density at radius 3 is 2.50 bits per heavy atom. The molecule has 1 aliphatic rings. The van der Waals surface area contributed by atoms with E-state index in [1.165, 1.54) is 34.6 Å². The van der Waals surface area contributed by atoms with Crippen LogP contribution in [0, 0.1) is 5.92 Å². The minimum atomic E-state index is 0.689. The minimum absolute atomic E-state index is 0.689. The summed E-state index contributed by atoms with van der Waals surface area (Å²) in [6, 6.07) is 6.72. The maximum absolute atomic E-state index is 3.60. The van der Waals surface area contributed by atoms with Gasteiger partial charge in [0.15, 0.2) is 0 Å². The van der Waals surface area contributed by atoms with Crippen molar-refractivity contribution < 1.29 is 0 Å². The maximum Gasteiger partial charge on any atom is 0.0494 e. The standard InChI is InChI=1S/C16H20BrN.C2H6/c1-11(2)9-18-10-15(12-4-3-5-12)14-7-6-13(17)8-16(14)18;1-2/h6-8,10-12H,3-5,9H2,1-2H3;1-2H3. The van der Waals surface area contributed by atoms with Crippen LogP contribution in [0.5, 0.6) is 0 Å². The van der Waals surface area contributed by atoms with Gasteiger partial charge in [-0.1, -0.05) is 56.1 Å². The molecule has 1 aromatic heterocycles. The van der Waals surface area contributed by atoms with Crippen LogP contribution < -0.4 is 0 Å². The van der Waals surface area contributed by atoms with Crippen molar-refractivity contribution in [2.24, 2.45) is 5.92 Å². The van der Waals surface area contributed by atoms with Crippen LogP contribution in [-0.4, -0.2) is 4.57 Å². The molecule has 0 unspecified atom stereocenters. The lowest BCUT2D eigenvalue weighted by Crippen LogP contribution is -2.08. The summed E-state index contributed by atoms with van der Waals surface area (Å²) < 4.78 is 3.62. The van der Waals surface area contributed by atoms with Crippen LogP contribution in [0.1, 0.15) is 58.4 Å². The third kappa shape index (κ3) is 3.11. The molecule has 20 heavy (non-hydrogen) atoms. The second kappa shape index (κ2) is 6.80. The first-order valence-electron chi connectivity index (χ1n) is 7.93. The van der Waals surface area contributed by atoms with Gasteiger partial charge in [0.05, 0.1) is 0 Å². The third-order valence-electron chi connectivity index (χ3n) is 3.98. The van der Waals surface area contributed by atoms with Gasteiger partial charge in [-0.05, 0) is 42.4 Å². The summed E-state index contributed by atoms with van der Waals surface area (Å²) in [4.78, 5) is 0. The van der Waals surface area contributed by atoms with Crippen molar-refractivity contribution in [1.82, 2.24) is 4.57 Å². The Bertz CT molecular complexity index is 564. The molecule has 0 radical (unpaired) electrons. The van der Waals surface area contributed by atoms with Gasteiger partial charge in [0, 0.05) is 28.1 Å². The predicted octanol–water partition coefficient (Wildman–Crippen LogP) is 6.35. The maximum atomic E-state index is 3.60. The summed E-state index contributed by atoms with van der Waals surface area (Å²) in [6.07, 6.45) is 6.55. The molecule has 1 fully saturated rings. The summed E-state index contributed by atoms with van der Waals surface area (Å²) in [7, 11) is 0. The Hall–Kier alpha value is -0.760. The Kier molecular flexibility index (Phi) is 5.31. The zero-order valence-electron chi connectivity index (χ0n) is 13.1. The van der Waals surface area contributed by atoms with E-state index in [2.05, 4.69) is 58.7 Å². The highest BCUT2D eigenvalue weighted by molar-refractivity contribution is 9.10. The monoisotopic (exact) mass is 335 g/mol. The van der Waals surface area contributed by atoms with Gasteiger partial charge >= 0.3 is 0 Å². The Morgan fingerprint density at radius 1 is 1.25 bits per heavy atom. The number of hydrogen-bond acceptors (Lipinski definition) is 0. The average molecular weight is 336 g/mol. The molecular formula is C18H26BrN. The van der Waals surface area contributed by atoms with Crippen molar-refractivity contribution in [3.8, 4) is 0 Å². The molecule has 0 saturated heterocycles. The van der Waals surface area contributed by atoms with Crippen LogP contribution in [-0.2, 0) is 6.54 Å². The molecule has 0 spiro atoms. The molecule has 0 aliphatic heterocycles. The van der Waals surface area contributed by atoms with E-state index in [1.54, 1.807) is 5.56 Å². The largest absolute Gasteiger partial charge is 0.347 e. The SMILES string of the molecule is CC.CC(C)Cn1cc(C2CCC2)c2ccc(Br)cc21. The molecular weight excluding hydrogens is 310 g/mol. The Labute approximate surface area is 131 Å². The van der Waals surface area contributed by atoms with Gasteiger partial charge in [-0.15, -0.1) is 0 Å². The van der Waals surface area contributed by atoms with Crippen LogP contribution in [0.4, 0.5) is 0 Å². The van der Waals surface area contributed by atoms with Crippen LogP contribution in [0.15, 0.2) is 28.9 Å². The van der Waals surface area contributed by atoms with Gasteiger partial charge in [-0.2, -0.15) is 0 Å². The number of hydrogen-bond donors (Lipinski definition) is 0. The second-order valence-corrected chi connectivity index (χ2v) is 6.84. The van der Waals surface area contributed by atoms with E-state index in [4.69, 9.17) is 0 Å². The second-order valence-electron chi connectivity index (χ2n) is 5.92. The number of rotatable bonds is 3. The average Bonchev–Trinajstić information content (AvgIpc) is 2.67. The van der Waals surface area contributed by atoms with E-state index in [9.17, 15) is 0 Å². The van der Waals surface area contributed by atoms with Crippen molar-refractivity contribution in [2.45, 2.75) is 59.4 Å². The smallest absolute Gasteiger partial charge is 0.0494 e. The van der Waals surface area contributed by atoms with Gasteiger partial charge in [0.2, 0.25) is 0 Å². The Balaban J connectivity index is 0.000000704. The van der Waals surface area contributed by atoms with Gasteiger partial charge in [0.25, 0.3) is 0 Å². The number of nitrogens with zero attached hydrogens (tertiary/aromatic N) is 1. The van der Waals surface area contributed by atoms with E-state index in [1.807, 2.05) is 13.8 Å². The van der Waals surface area contributed by atoms with Gasteiger partial charge in [-0.3, -0.25) is 0 Å². The van der Waals surface area contributed by atoms with Crippen LogP contribution in [0.2, 0.25) is 0 Å². The van der Waals surface area contributed by atoms with Crippen molar-refractivity contribution in [2.75, 3.05) is 0 Å². The van der Waals surface area contributed by atoms with Gasteiger partial charge in [-0.25, -0.2) is 0 Å². The molecule has 1 nitrogen and oxygen atoms in total. The number of fused-ring (bicyclic) bond motifs is 1. The van der Waals surface area contributed by atoms with Crippen molar-refractivity contribution in [1.29, 1.82) is 0 Å². The molecule has 110 valence electrons. The zero-order valence-corrected chi connectivity index (χ0v) is 14.7. The van der Waals surface area contributed by atoms with E-state index >= 15 is 0 Å². The molecule has 1 aromatic carbocycles. The number of halogens is 1. The first kappa shape index (κ1) is 15.6. The summed E-state index contributed by atoms with van der Waals surface area (Å²) in [5.41, 5.74) is 2.96. The molecule has 0 bridgehead atoms.